The maximum absolute atomic E-state index is 12.1. The van der Waals surface area contributed by atoms with Crippen LogP contribution in [-0.4, -0.2) is 25.1 Å². The van der Waals surface area contributed by atoms with Gasteiger partial charge in [-0.05, 0) is 48.4 Å². The van der Waals surface area contributed by atoms with E-state index in [1.54, 1.807) is 38.5 Å². The lowest BCUT2D eigenvalue weighted by molar-refractivity contribution is -0.384. The van der Waals surface area contributed by atoms with Crippen LogP contribution in [0.4, 0.5) is 5.69 Å². The molecule has 0 unspecified atom stereocenters. The smallest absolute Gasteiger partial charge is 0.269 e. The average molecular weight is 356 g/mol. The molecule has 1 atom stereocenters. The number of hydrogen-bond donors (Lipinski definition) is 1. The zero-order chi connectivity index (χ0) is 19.1. The molecule has 7 heteroatoms. The van der Waals surface area contributed by atoms with Crippen molar-refractivity contribution in [3.8, 4) is 11.5 Å². The first kappa shape index (κ1) is 19.0. The molecule has 0 aliphatic rings. The van der Waals surface area contributed by atoms with Crippen molar-refractivity contribution < 1.29 is 19.2 Å². The van der Waals surface area contributed by atoms with Gasteiger partial charge in [-0.25, -0.2) is 0 Å². The van der Waals surface area contributed by atoms with Crippen LogP contribution in [0.5, 0.6) is 11.5 Å². The molecule has 2 aromatic rings. The first-order valence-electron chi connectivity index (χ1n) is 7.89. The van der Waals surface area contributed by atoms with E-state index in [0.717, 1.165) is 5.56 Å². The zero-order valence-electron chi connectivity index (χ0n) is 14.8. The summed E-state index contributed by atoms with van der Waals surface area (Å²) in [5.41, 5.74) is 1.58. The van der Waals surface area contributed by atoms with Gasteiger partial charge in [0.2, 0.25) is 5.91 Å². The minimum Gasteiger partial charge on any atom is -0.493 e. The second-order valence-electron chi connectivity index (χ2n) is 5.53. The van der Waals surface area contributed by atoms with Crippen LogP contribution >= 0.6 is 0 Å². The zero-order valence-corrected chi connectivity index (χ0v) is 14.8. The second-order valence-corrected chi connectivity index (χ2v) is 5.53. The van der Waals surface area contributed by atoms with Crippen LogP contribution in [0, 0.1) is 10.1 Å². The lowest BCUT2D eigenvalue weighted by Gasteiger charge is -2.15. The van der Waals surface area contributed by atoms with E-state index in [9.17, 15) is 14.9 Å². The summed E-state index contributed by atoms with van der Waals surface area (Å²) in [6.45, 7) is 1.86. The molecule has 1 amide bonds. The van der Waals surface area contributed by atoms with Gasteiger partial charge >= 0.3 is 0 Å². The number of benzene rings is 2. The van der Waals surface area contributed by atoms with Gasteiger partial charge in [0.25, 0.3) is 5.69 Å². The normalized spacial score (nSPS) is 11.8. The number of nitro benzene ring substituents is 1. The maximum atomic E-state index is 12.1. The number of non-ortho nitro benzene ring substituents is 1. The molecule has 0 saturated heterocycles. The highest BCUT2D eigenvalue weighted by Crippen LogP contribution is 2.29. The first-order valence-corrected chi connectivity index (χ1v) is 7.89. The summed E-state index contributed by atoms with van der Waals surface area (Å²) in [4.78, 5) is 22.3. The second kappa shape index (κ2) is 8.66. The van der Waals surface area contributed by atoms with Crippen molar-refractivity contribution in [1.82, 2.24) is 5.32 Å². The van der Waals surface area contributed by atoms with E-state index < -0.39 is 4.92 Å². The Morgan fingerprint density at radius 3 is 2.35 bits per heavy atom. The predicted octanol–water partition coefficient (Wildman–Crippen LogP) is 3.50. The van der Waals surface area contributed by atoms with Crippen molar-refractivity contribution in [2.45, 2.75) is 13.0 Å². The van der Waals surface area contributed by atoms with Crippen molar-refractivity contribution in [1.29, 1.82) is 0 Å². The standard InChI is InChI=1S/C19H20N2O5/c1-13(15-7-10-17(25-2)18(12-15)26-3)20-19(22)11-6-14-4-8-16(9-5-14)21(23)24/h4-13H,1-3H3,(H,20,22)/b11-6+/t13-/m0/s1. The van der Waals surface area contributed by atoms with Gasteiger partial charge in [0.05, 0.1) is 25.2 Å². The number of hydrogen-bond acceptors (Lipinski definition) is 5. The number of nitro groups is 1. The number of ether oxygens (including phenoxy) is 2. The lowest BCUT2D eigenvalue weighted by Crippen LogP contribution is -2.24. The maximum Gasteiger partial charge on any atom is 0.269 e. The number of rotatable bonds is 7. The summed E-state index contributed by atoms with van der Waals surface area (Å²) in [5, 5.41) is 13.5. The summed E-state index contributed by atoms with van der Waals surface area (Å²) < 4.78 is 10.5. The molecule has 0 aromatic heterocycles. The average Bonchev–Trinajstić information content (AvgIpc) is 2.65. The number of nitrogens with zero attached hydrogens (tertiary/aromatic N) is 1. The van der Waals surface area contributed by atoms with Crippen LogP contribution < -0.4 is 14.8 Å². The number of amides is 1. The minimum absolute atomic E-state index is 0.00803. The Morgan fingerprint density at radius 2 is 1.77 bits per heavy atom. The SMILES string of the molecule is COc1ccc([C@H](C)NC(=O)/C=C/c2ccc([N+](=O)[O-])cc2)cc1OC. The van der Waals surface area contributed by atoms with Crippen molar-refractivity contribution in [3.05, 3.63) is 69.8 Å². The minimum atomic E-state index is -0.467. The van der Waals surface area contributed by atoms with Gasteiger partial charge in [-0.2, -0.15) is 0 Å². The van der Waals surface area contributed by atoms with Gasteiger partial charge in [-0.3, -0.25) is 14.9 Å². The molecule has 0 spiro atoms. The Morgan fingerprint density at radius 1 is 1.12 bits per heavy atom. The van der Waals surface area contributed by atoms with E-state index in [4.69, 9.17) is 9.47 Å². The fourth-order valence-corrected chi connectivity index (χ4v) is 2.35. The van der Waals surface area contributed by atoms with Crippen molar-refractivity contribution >= 4 is 17.7 Å². The summed E-state index contributed by atoms with van der Waals surface area (Å²) >= 11 is 0. The highest BCUT2D eigenvalue weighted by atomic mass is 16.6. The Bertz CT molecular complexity index is 815. The third-order valence-corrected chi connectivity index (χ3v) is 3.80. The summed E-state index contributed by atoms with van der Waals surface area (Å²) in [6, 6.07) is 11.2. The Kier molecular flexibility index (Phi) is 6.32. The van der Waals surface area contributed by atoms with Gasteiger partial charge in [-0.1, -0.05) is 6.07 Å². The third kappa shape index (κ3) is 4.83. The molecule has 0 saturated carbocycles. The quantitative estimate of drug-likeness (QED) is 0.466. The highest BCUT2D eigenvalue weighted by molar-refractivity contribution is 5.92. The summed E-state index contributed by atoms with van der Waals surface area (Å²) in [7, 11) is 3.11. The van der Waals surface area contributed by atoms with Crippen LogP contribution in [0.1, 0.15) is 24.1 Å². The monoisotopic (exact) mass is 356 g/mol. The summed E-state index contributed by atoms with van der Waals surface area (Å²) in [6.07, 6.45) is 2.98. The fourth-order valence-electron chi connectivity index (χ4n) is 2.35. The van der Waals surface area contributed by atoms with Gasteiger partial charge in [0.1, 0.15) is 0 Å². The number of methoxy groups -OCH3 is 2. The van der Waals surface area contributed by atoms with E-state index in [1.807, 2.05) is 19.1 Å². The predicted molar refractivity (Wildman–Crippen MR) is 98.2 cm³/mol. The molecule has 26 heavy (non-hydrogen) atoms. The van der Waals surface area contributed by atoms with Crippen LogP contribution in [0.3, 0.4) is 0 Å². The topological polar surface area (TPSA) is 90.7 Å². The van der Waals surface area contributed by atoms with Crippen LogP contribution in [-0.2, 0) is 4.79 Å². The van der Waals surface area contributed by atoms with Gasteiger partial charge < -0.3 is 14.8 Å². The Hall–Kier alpha value is -3.35. The Labute approximate surface area is 151 Å². The molecule has 0 aliphatic carbocycles. The number of carbonyl (C=O) groups excluding carboxylic acids is 1. The van der Waals surface area contributed by atoms with Crippen LogP contribution in [0.25, 0.3) is 6.08 Å². The van der Waals surface area contributed by atoms with E-state index in [1.165, 1.54) is 18.2 Å². The largest absolute Gasteiger partial charge is 0.493 e. The van der Waals surface area contributed by atoms with Crippen LogP contribution in [0.15, 0.2) is 48.5 Å². The lowest BCUT2D eigenvalue weighted by atomic mass is 10.1. The molecule has 2 rings (SSSR count). The first-order chi connectivity index (χ1) is 12.4. The van der Waals surface area contributed by atoms with Gasteiger partial charge in [-0.15, -0.1) is 0 Å². The molecule has 1 N–H and O–H groups in total. The van der Waals surface area contributed by atoms with Gasteiger partial charge in [0.15, 0.2) is 11.5 Å². The van der Waals surface area contributed by atoms with E-state index in [2.05, 4.69) is 5.32 Å². The molecule has 0 heterocycles. The van der Waals surface area contributed by atoms with E-state index in [0.29, 0.717) is 17.1 Å². The molecule has 136 valence electrons. The van der Waals surface area contributed by atoms with Crippen LogP contribution in [0.2, 0.25) is 0 Å². The van der Waals surface area contributed by atoms with Crippen molar-refractivity contribution in [3.63, 3.8) is 0 Å². The molecule has 2 aromatic carbocycles. The van der Waals surface area contributed by atoms with E-state index >= 15 is 0 Å². The van der Waals surface area contributed by atoms with Gasteiger partial charge in [0, 0.05) is 18.2 Å². The molecular formula is C19H20N2O5. The van der Waals surface area contributed by atoms with Crippen molar-refractivity contribution in [2.24, 2.45) is 0 Å². The molecule has 0 fully saturated rings. The highest BCUT2D eigenvalue weighted by Gasteiger charge is 2.11. The molecule has 0 bridgehead atoms. The molecule has 7 nitrogen and oxygen atoms in total. The van der Waals surface area contributed by atoms with Crippen molar-refractivity contribution in [2.75, 3.05) is 14.2 Å². The summed E-state index contributed by atoms with van der Waals surface area (Å²) in [5.74, 6) is 0.936. The molecular weight excluding hydrogens is 336 g/mol. The number of nitrogens with one attached hydrogen (secondary N) is 1. The number of carbonyl (C=O) groups is 1. The molecule has 0 aliphatic heterocycles. The third-order valence-electron chi connectivity index (χ3n) is 3.80. The Balaban J connectivity index is 2.01. The van der Waals surface area contributed by atoms with E-state index in [-0.39, 0.29) is 17.6 Å². The molecule has 0 radical (unpaired) electrons. The fraction of sp³-hybridized carbons (Fsp3) is 0.211.